The molecular weight excluding hydrogens is 567 g/mol. The molecule has 31 heavy (non-hydrogen) atoms. The van der Waals surface area contributed by atoms with Gasteiger partial charge in [-0.25, -0.2) is 0 Å². The Kier molecular flexibility index (Phi) is 25.0. The van der Waals surface area contributed by atoms with Crippen LogP contribution in [0.5, 0.6) is 0 Å². The molecule has 0 bridgehead atoms. The fourth-order valence-electron chi connectivity index (χ4n) is 3.21. The van der Waals surface area contributed by atoms with Gasteiger partial charge in [0.05, 0.1) is 31.5 Å². The Balaban J connectivity index is 0. The number of rotatable bonds is 17. The molecule has 0 amide bonds. The van der Waals surface area contributed by atoms with Crippen LogP contribution < -0.4 is 0 Å². The summed E-state index contributed by atoms with van der Waals surface area (Å²) in [4.78, 5) is 0. The number of hydrogen-bond acceptors (Lipinski definition) is 4. The number of aliphatic hydroxyl groups excluding tert-OH is 1. The first kappa shape index (κ1) is 32.4. The van der Waals surface area contributed by atoms with Crippen LogP contribution in [-0.2, 0) is 36.2 Å². The van der Waals surface area contributed by atoms with Crippen molar-refractivity contribution in [3.8, 4) is 6.07 Å². The molecule has 181 valence electrons. The normalized spacial score (nSPS) is 11.1. The van der Waals surface area contributed by atoms with Gasteiger partial charge in [0.1, 0.15) is 6.10 Å². The molecule has 1 atom stereocenters. The van der Waals surface area contributed by atoms with Gasteiger partial charge >= 0.3 is 0 Å². The van der Waals surface area contributed by atoms with E-state index in [0.29, 0.717) is 18.8 Å². The molecule has 0 fully saturated rings. The molecule has 0 heterocycles. The van der Waals surface area contributed by atoms with Crippen LogP contribution in [0.3, 0.4) is 0 Å². The molecule has 0 saturated heterocycles. The summed E-state index contributed by atoms with van der Waals surface area (Å²) in [5.74, 6) is 0. The van der Waals surface area contributed by atoms with Crippen molar-refractivity contribution in [2.75, 3.05) is 19.8 Å². The van der Waals surface area contributed by atoms with Crippen LogP contribution >= 0.6 is 0 Å². The van der Waals surface area contributed by atoms with Crippen molar-refractivity contribution in [3.63, 3.8) is 0 Å². The van der Waals surface area contributed by atoms with E-state index < -0.39 is 0 Å². The predicted octanol–water partition coefficient (Wildman–Crippen LogP) is 6.71. The van der Waals surface area contributed by atoms with Crippen LogP contribution in [0, 0.1) is 18.3 Å². The number of nitrogens with zero attached hydrogens (tertiary/aromatic N) is 1. The van der Waals surface area contributed by atoms with E-state index in [9.17, 15) is 5.11 Å². The average molecular weight is 612 g/mol. The van der Waals surface area contributed by atoms with Crippen molar-refractivity contribution in [3.05, 3.63) is 34.9 Å². The van der Waals surface area contributed by atoms with Crippen molar-refractivity contribution in [1.82, 2.24) is 0 Å². The SMILES string of the molecule is CC.CCCCCCCCCCCCOCC(CO)OCc1ccc(C#N)c(C)c1.[Ir]. The maximum absolute atomic E-state index is 9.47. The molecule has 1 radical (unpaired) electrons. The molecule has 0 aliphatic carbocycles. The van der Waals surface area contributed by atoms with Crippen molar-refractivity contribution in [2.45, 2.75) is 105 Å². The second-order valence-electron chi connectivity index (χ2n) is 7.63. The number of ether oxygens (including phenoxy) is 2. The summed E-state index contributed by atoms with van der Waals surface area (Å²) in [6.45, 7) is 9.69. The first-order valence-corrected chi connectivity index (χ1v) is 12.0. The van der Waals surface area contributed by atoms with E-state index in [2.05, 4.69) is 13.0 Å². The van der Waals surface area contributed by atoms with Gasteiger partial charge in [0.2, 0.25) is 0 Å². The Morgan fingerprint density at radius 1 is 0.968 bits per heavy atom. The molecule has 1 N–H and O–H groups in total. The van der Waals surface area contributed by atoms with E-state index in [1.165, 1.54) is 57.8 Å². The summed E-state index contributed by atoms with van der Waals surface area (Å²) in [7, 11) is 0. The summed E-state index contributed by atoms with van der Waals surface area (Å²) in [6, 6.07) is 7.82. The third kappa shape index (κ3) is 17.5. The van der Waals surface area contributed by atoms with Crippen molar-refractivity contribution >= 4 is 0 Å². The number of aryl methyl sites for hydroxylation is 1. The fraction of sp³-hybridized carbons (Fsp3) is 0.731. The van der Waals surface area contributed by atoms with Crippen molar-refractivity contribution in [2.24, 2.45) is 0 Å². The molecule has 5 heteroatoms. The fourth-order valence-corrected chi connectivity index (χ4v) is 3.21. The van der Waals surface area contributed by atoms with Gasteiger partial charge in [-0.2, -0.15) is 5.26 Å². The number of nitriles is 1. The van der Waals surface area contributed by atoms with E-state index in [1.54, 1.807) is 0 Å². The van der Waals surface area contributed by atoms with E-state index >= 15 is 0 Å². The Morgan fingerprint density at radius 2 is 1.55 bits per heavy atom. The molecule has 1 aromatic rings. The van der Waals surface area contributed by atoms with E-state index in [1.807, 2.05) is 39.0 Å². The quantitative estimate of drug-likeness (QED) is 0.199. The number of unbranched alkanes of at least 4 members (excludes halogenated alkanes) is 9. The van der Waals surface area contributed by atoms with Crippen molar-refractivity contribution < 1.29 is 34.7 Å². The molecule has 0 aliphatic rings. The van der Waals surface area contributed by atoms with E-state index in [0.717, 1.165) is 24.2 Å². The Bertz CT molecular complexity index is 560. The second kappa shape index (κ2) is 23.9. The zero-order chi connectivity index (χ0) is 22.5. The van der Waals surface area contributed by atoms with Crippen LogP contribution in [0.1, 0.15) is 102 Å². The molecule has 1 rings (SSSR count). The first-order valence-electron chi connectivity index (χ1n) is 12.0. The van der Waals surface area contributed by atoms with Gasteiger partial charge in [-0.15, -0.1) is 0 Å². The van der Waals surface area contributed by atoms with Gasteiger partial charge in [0.25, 0.3) is 0 Å². The zero-order valence-electron chi connectivity index (χ0n) is 20.3. The van der Waals surface area contributed by atoms with Gasteiger partial charge in [0.15, 0.2) is 0 Å². The number of benzene rings is 1. The van der Waals surface area contributed by atoms with Crippen LogP contribution in [0.15, 0.2) is 18.2 Å². The van der Waals surface area contributed by atoms with Gasteiger partial charge in [-0.05, 0) is 30.5 Å². The third-order valence-corrected chi connectivity index (χ3v) is 5.05. The van der Waals surface area contributed by atoms with Crippen LogP contribution in [0.25, 0.3) is 0 Å². The Morgan fingerprint density at radius 3 is 2.06 bits per heavy atom. The Hall–Kier alpha value is -0.761. The van der Waals surface area contributed by atoms with Crippen LogP contribution in [-0.4, -0.2) is 31.0 Å². The minimum absolute atomic E-state index is 0. The smallest absolute Gasteiger partial charge is 0.104 e. The van der Waals surface area contributed by atoms with E-state index in [4.69, 9.17) is 14.7 Å². The predicted molar refractivity (Wildman–Crippen MR) is 126 cm³/mol. The molecular formula is C26H45IrNO3. The topological polar surface area (TPSA) is 62.5 Å². The van der Waals surface area contributed by atoms with Gasteiger partial charge in [0, 0.05) is 26.7 Å². The molecule has 0 saturated carbocycles. The zero-order valence-corrected chi connectivity index (χ0v) is 22.6. The Labute approximate surface area is 205 Å². The molecule has 4 nitrogen and oxygen atoms in total. The van der Waals surface area contributed by atoms with Gasteiger partial charge < -0.3 is 14.6 Å². The average Bonchev–Trinajstić information content (AvgIpc) is 2.78. The number of aliphatic hydroxyl groups is 1. The summed E-state index contributed by atoms with van der Waals surface area (Å²) < 4.78 is 11.4. The minimum Gasteiger partial charge on any atom is -0.394 e. The molecule has 0 aromatic heterocycles. The van der Waals surface area contributed by atoms with Crippen LogP contribution in [0.4, 0.5) is 0 Å². The second-order valence-corrected chi connectivity index (χ2v) is 7.63. The van der Waals surface area contributed by atoms with Crippen LogP contribution in [0.2, 0.25) is 0 Å². The monoisotopic (exact) mass is 612 g/mol. The molecule has 1 aromatic carbocycles. The first-order chi connectivity index (χ1) is 14.7. The summed E-state index contributed by atoms with van der Waals surface area (Å²) >= 11 is 0. The maximum atomic E-state index is 9.47. The number of hydrogen-bond donors (Lipinski definition) is 1. The summed E-state index contributed by atoms with van der Waals surface area (Å²) in [6.07, 6.45) is 12.8. The van der Waals surface area contributed by atoms with Crippen molar-refractivity contribution in [1.29, 1.82) is 5.26 Å². The van der Waals surface area contributed by atoms with Gasteiger partial charge in [-0.3, -0.25) is 0 Å². The van der Waals surface area contributed by atoms with Gasteiger partial charge in [-0.1, -0.05) is 90.7 Å². The molecule has 0 aliphatic heterocycles. The minimum atomic E-state index is -0.306. The largest absolute Gasteiger partial charge is 0.394 e. The standard InChI is InChI=1S/C24H39NO3.C2H6.Ir/c1-3-4-5-6-7-8-9-10-11-12-15-27-20-24(18-26)28-19-22-13-14-23(17-25)21(2)16-22;1-2;/h13-14,16,24,26H,3-12,15,18-20H2,1-2H3;1-2H3;. The maximum Gasteiger partial charge on any atom is 0.104 e. The molecule has 0 spiro atoms. The molecule has 1 unspecified atom stereocenters. The van der Waals surface area contributed by atoms with E-state index in [-0.39, 0.29) is 32.8 Å². The summed E-state index contributed by atoms with van der Waals surface area (Å²) in [5.41, 5.74) is 2.63. The third-order valence-electron chi connectivity index (χ3n) is 5.05. The summed E-state index contributed by atoms with van der Waals surface area (Å²) in [5, 5.41) is 18.4.